The van der Waals surface area contributed by atoms with Crippen LogP contribution in [0.4, 0.5) is 5.69 Å². The van der Waals surface area contributed by atoms with Crippen molar-refractivity contribution in [3.8, 4) is 0 Å². The first-order chi connectivity index (χ1) is 13.3. The van der Waals surface area contributed by atoms with E-state index in [1.807, 2.05) is 41.3 Å². The Labute approximate surface area is 161 Å². The van der Waals surface area contributed by atoms with E-state index in [1.54, 1.807) is 6.20 Å². The number of rotatable bonds is 5. The van der Waals surface area contributed by atoms with E-state index in [4.69, 9.17) is 4.74 Å². The second-order valence-electron chi connectivity index (χ2n) is 7.33. The standard InChI is InChI=1S/C22H27N3O2/c26-22(20-8-1-2-9-21(20)24-13-5-6-14-24)25-15-10-19(11-16-25)27-17-18-7-3-4-12-23-18/h1-4,7-9,12,19H,5-6,10-11,13-17H2. The quantitative estimate of drug-likeness (QED) is 0.814. The van der Waals surface area contributed by atoms with Gasteiger partial charge in [-0.1, -0.05) is 18.2 Å². The molecule has 0 bridgehead atoms. The van der Waals surface area contributed by atoms with Crippen LogP contribution in [0, 0.1) is 0 Å². The van der Waals surface area contributed by atoms with Crippen LogP contribution in [0.25, 0.3) is 0 Å². The monoisotopic (exact) mass is 365 g/mol. The largest absolute Gasteiger partial charge is 0.372 e. The maximum atomic E-state index is 13.1. The van der Waals surface area contributed by atoms with Crippen LogP contribution >= 0.6 is 0 Å². The van der Waals surface area contributed by atoms with Crippen molar-refractivity contribution in [2.45, 2.75) is 38.4 Å². The number of amides is 1. The summed E-state index contributed by atoms with van der Waals surface area (Å²) in [4.78, 5) is 21.7. The molecule has 1 aromatic carbocycles. The molecule has 0 saturated carbocycles. The van der Waals surface area contributed by atoms with Gasteiger partial charge >= 0.3 is 0 Å². The molecule has 0 atom stereocenters. The average Bonchev–Trinajstić information content (AvgIpc) is 3.28. The van der Waals surface area contributed by atoms with Gasteiger partial charge in [-0.05, 0) is 49.9 Å². The van der Waals surface area contributed by atoms with Crippen molar-refractivity contribution < 1.29 is 9.53 Å². The number of ether oxygens (including phenoxy) is 1. The summed E-state index contributed by atoms with van der Waals surface area (Å²) in [5, 5.41) is 0. The Hall–Kier alpha value is -2.40. The Balaban J connectivity index is 1.34. The number of pyridine rings is 1. The van der Waals surface area contributed by atoms with Crippen LogP contribution < -0.4 is 4.90 Å². The van der Waals surface area contributed by atoms with Gasteiger partial charge in [0.2, 0.25) is 0 Å². The molecule has 2 aliphatic rings. The molecule has 1 aromatic heterocycles. The minimum Gasteiger partial charge on any atom is -0.372 e. The molecule has 5 nitrogen and oxygen atoms in total. The number of anilines is 1. The molecular weight excluding hydrogens is 338 g/mol. The number of hydrogen-bond acceptors (Lipinski definition) is 4. The van der Waals surface area contributed by atoms with Crippen LogP contribution in [0.2, 0.25) is 0 Å². The van der Waals surface area contributed by atoms with Gasteiger partial charge < -0.3 is 14.5 Å². The number of nitrogens with zero attached hydrogens (tertiary/aromatic N) is 3. The van der Waals surface area contributed by atoms with Crippen molar-refractivity contribution in [1.82, 2.24) is 9.88 Å². The zero-order valence-corrected chi connectivity index (χ0v) is 15.7. The molecule has 0 radical (unpaired) electrons. The molecule has 2 saturated heterocycles. The molecule has 142 valence electrons. The fraction of sp³-hybridized carbons (Fsp3) is 0.455. The number of likely N-dealkylation sites (tertiary alicyclic amines) is 1. The van der Waals surface area contributed by atoms with Gasteiger partial charge in [0.15, 0.2) is 0 Å². The predicted octanol–water partition coefficient (Wildman–Crippen LogP) is 3.50. The van der Waals surface area contributed by atoms with E-state index in [-0.39, 0.29) is 12.0 Å². The van der Waals surface area contributed by atoms with E-state index in [9.17, 15) is 4.79 Å². The lowest BCUT2D eigenvalue weighted by atomic mass is 10.0. The average molecular weight is 365 g/mol. The molecule has 0 unspecified atom stereocenters. The Morgan fingerprint density at radius 2 is 1.74 bits per heavy atom. The van der Waals surface area contributed by atoms with Crippen LogP contribution in [0.15, 0.2) is 48.7 Å². The van der Waals surface area contributed by atoms with E-state index in [1.165, 1.54) is 12.8 Å². The molecule has 0 spiro atoms. The fourth-order valence-corrected chi connectivity index (χ4v) is 3.97. The normalized spacial score (nSPS) is 18.1. The lowest BCUT2D eigenvalue weighted by molar-refractivity contribution is -0.00159. The summed E-state index contributed by atoms with van der Waals surface area (Å²) in [6, 6.07) is 13.9. The molecule has 27 heavy (non-hydrogen) atoms. The van der Waals surface area contributed by atoms with Crippen molar-refractivity contribution in [3.05, 3.63) is 59.9 Å². The second-order valence-corrected chi connectivity index (χ2v) is 7.33. The minimum atomic E-state index is 0.153. The Bertz CT molecular complexity index is 751. The molecule has 5 heteroatoms. The highest BCUT2D eigenvalue weighted by molar-refractivity contribution is 6.00. The molecule has 3 heterocycles. The van der Waals surface area contributed by atoms with Crippen LogP contribution in [-0.2, 0) is 11.3 Å². The summed E-state index contributed by atoms with van der Waals surface area (Å²) in [5.41, 5.74) is 2.89. The summed E-state index contributed by atoms with van der Waals surface area (Å²) in [5.74, 6) is 0.153. The molecule has 1 amide bonds. The maximum Gasteiger partial charge on any atom is 0.255 e. The smallest absolute Gasteiger partial charge is 0.255 e. The van der Waals surface area contributed by atoms with Gasteiger partial charge in [0.25, 0.3) is 5.91 Å². The van der Waals surface area contributed by atoms with Gasteiger partial charge in [0.05, 0.1) is 24.0 Å². The highest BCUT2D eigenvalue weighted by Gasteiger charge is 2.27. The van der Waals surface area contributed by atoms with E-state index < -0.39 is 0 Å². The van der Waals surface area contributed by atoms with Crippen LogP contribution in [0.3, 0.4) is 0 Å². The van der Waals surface area contributed by atoms with Crippen molar-refractivity contribution in [1.29, 1.82) is 0 Å². The highest BCUT2D eigenvalue weighted by atomic mass is 16.5. The van der Waals surface area contributed by atoms with Crippen LogP contribution in [0.1, 0.15) is 41.7 Å². The molecule has 2 aliphatic heterocycles. The second kappa shape index (κ2) is 8.53. The summed E-state index contributed by atoms with van der Waals surface area (Å²) in [7, 11) is 0. The van der Waals surface area contributed by atoms with Crippen molar-refractivity contribution >= 4 is 11.6 Å². The number of carbonyl (C=O) groups excluding carboxylic acids is 1. The van der Waals surface area contributed by atoms with Gasteiger partial charge in [0, 0.05) is 38.1 Å². The van der Waals surface area contributed by atoms with Gasteiger partial charge in [-0.25, -0.2) is 0 Å². The van der Waals surface area contributed by atoms with Crippen molar-refractivity contribution in [3.63, 3.8) is 0 Å². The summed E-state index contributed by atoms with van der Waals surface area (Å²) in [6.45, 7) is 4.14. The van der Waals surface area contributed by atoms with Gasteiger partial charge in [-0.3, -0.25) is 9.78 Å². The third-order valence-electron chi connectivity index (χ3n) is 5.50. The molecule has 2 fully saturated rings. The third-order valence-corrected chi connectivity index (χ3v) is 5.50. The number of para-hydroxylation sites is 1. The lowest BCUT2D eigenvalue weighted by Crippen LogP contribution is -2.41. The van der Waals surface area contributed by atoms with Crippen LogP contribution in [0.5, 0.6) is 0 Å². The number of aromatic nitrogens is 1. The third kappa shape index (κ3) is 4.30. The maximum absolute atomic E-state index is 13.1. The molecular formula is C22H27N3O2. The first-order valence-corrected chi connectivity index (χ1v) is 9.96. The highest BCUT2D eigenvalue weighted by Crippen LogP contribution is 2.27. The minimum absolute atomic E-state index is 0.153. The fourth-order valence-electron chi connectivity index (χ4n) is 3.97. The zero-order chi connectivity index (χ0) is 18.5. The number of benzene rings is 1. The first-order valence-electron chi connectivity index (χ1n) is 9.96. The summed E-state index contributed by atoms with van der Waals surface area (Å²) >= 11 is 0. The predicted molar refractivity (Wildman–Crippen MR) is 106 cm³/mol. The summed E-state index contributed by atoms with van der Waals surface area (Å²) < 4.78 is 6.00. The van der Waals surface area contributed by atoms with Crippen molar-refractivity contribution in [2.24, 2.45) is 0 Å². The van der Waals surface area contributed by atoms with Gasteiger partial charge in [0.1, 0.15) is 0 Å². The Kier molecular flexibility index (Phi) is 5.68. The lowest BCUT2D eigenvalue weighted by Gasteiger charge is -2.33. The SMILES string of the molecule is O=C(c1ccccc1N1CCCC1)N1CCC(OCc2ccccn2)CC1. The Morgan fingerprint density at radius 3 is 2.48 bits per heavy atom. The topological polar surface area (TPSA) is 45.7 Å². The van der Waals surface area contributed by atoms with E-state index in [0.29, 0.717) is 6.61 Å². The van der Waals surface area contributed by atoms with Crippen molar-refractivity contribution in [2.75, 3.05) is 31.1 Å². The number of hydrogen-bond donors (Lipinski definition) is 0. The van der Waals surface area contributed by atoms with Crippen LogP contribution in [-0.4, -0.2) is 48.1 Å². The Morgan fingerprint density at radius 1 is 1.00 bits per heavy atom. The first kappa shape index (κ1) is 18.0. The van der Waals surface area contributed by atoms with E-state index in [0.717, 1.165) is 56.0 Å². The molecule has 0 N–H and O–H groups in total. The summed E-state index contributed by atoms with van der Waals surface area (Å²) in [6.07, 6.45) is 6.17. The number of piperidine rings is 1. The molecule has 4 rings (SSSR count). The van der Waals surface area contributed by atoms with E-state index >= 15 is 0 Å². The zero-order valence-electron chi connectivity index (χ0n) is 15.7. The molecule has 0 aliphatic carbocycles. The molecule has 2 aromatic rings. The van der Waals surface area contributed by atoms with Gasteiger partial charge in [-0.2, -0.15) is 0 Å². The van der Waals surface area contributed by atoms with Gasteiger partial charge in [-0.15, -0.1) is 0 Å². The van der Waals surface area contributed by atoms with E-state index in [2.05, 4.69) is 16.0 Å². The number of carbonyl (C=O) groups is 1.